The molecule has 0 atom stereocenters. The fraction of sp³-hybridized carbons (Fsp3) is 0.211. The summed E-state index contributed by atoms with van der Waals surface area (Å²) in [5.41, 5.74) is 2.36. The van der Waals surface area contributed by atoms with Gasteiger partial charge in [0.2, 0.25) is 5.75 Å². The van der Waals surface area contributed by atoms with Crippen molar-refractivity contribution in [3.63, 3.8) is 0 Å². The van der Waals surface area contributed by atoms with Gasteiger partial charge in [-0.1, -0.05) is 6.07 Å². The lowest BCUT2D eigenvalue weighted by molar-refractivity contribution is 0.324. The maximum Gasteiger partial charge on any atom is 0.203 e. The van der Waals surface area contributed by atoms with Crippen molar-refractivity contribution in [3.05, 3.63) is 42.3 Å². The van der Waals surface area contributed by atoms with E-state index in [-0.39, 0.29) is 5.75 Å². The first kappa shape index (κ1) is 18.0. The van der Waals surface area contributed by atoms with E-state index < -0.39 is 5.82 Å². The van der Waals surface area contributed by atoms with Crippen molar-refractivity contribution in [2.45, 2.75) is 0 Å². The molecule has 26 heavy (non-hydrogen) atoms. The highest BCUT2D eigenvalue weighted by Crippen LogP contribution is 2.44. The minimum absolute atomic E-state index is 0.200. The van der Waals surface area contributed by atoms with Gasteiger partial charge in [-0.3, -0.25) is 0 Å². The van der Waals surface area contributed by atoms with E-state index in [9.17, 15) is 4.39 Å². The summed E-state index contributed by atoms with van der Waals surface area (Å²) >= 11 is 1.31. The van der Waals surface area contributed by atoms with E-state index in [1.54, 1.807) is 39.7 Å². The lowest BCUT2D eigenvalue weighted by atomic mass is 10.0. The summed E-state index contributed by atoms with van der Waals surface area (Å²) in [6.07, 6.45) is 1.71. The monoisotopic (exact) mass is 375 g/mol. The zero-order valence-electron chi connectivity index (χ0n) is 14.8. The molecule has 1 aromatic heterocycles. The summed E-state index contributed by atoms with van der Waals surface area (Å²) in [7, 11) is 6.12. The van der Waals surface area contributed by atoms with Crippen LogP contribution in [0, 0.1) is 5.82 Å². The van der Waals surface area contributed by atoms with Crippen LogP contribution in [0.3, 0.4) is 0 Å². The molecule has 0 saturated heterocycles. The Labute approximate surface area is 155 Å². The minimum Gasteiger partial charge on any atom is -0.494 e. The zero-order valence-corrected chi connectivity index (χ0v) is 15.6. The Hall–Kier alpha value is -2.80. The first-order valence-corrected chi connectivity index (χ1v) is 8.49. The number of hydrogen-bond acceptors (Lipinski definition) is 6. The molecule has 0 bridgehead atoms. The molecule has 0 aliphatic heterocycles. The maximum absolute atomic E-state index is 14.1. The molecule has 0 amide bonds. The van der Waals surface area contributed by atoms with Crippen LogP contribution in [0.4, 0.5) is 4.39 Å². The van der Waals surface area contributed by atoms with E-state index in [1.165, 1.54) is 24.7 Å². The second-order valence-corrected chi connectivity index (χ2v) is 6.13. The Kier molecular flexibility index (Phi) is 5.27. The van der Waals surface area contributed by atoms with E-state index in [2.05, 4.69) is 4.37 Å². The van der Waals surface area contributed by atoms with Gasteiger partial charge in [0, 0.05) is 17.3 Å². The van der Waals surface area contributed by atoms with E-state index in [0.29, 0.717) is 22.8 Å². The highest BCUT2D eigenvalue weighted by atomic mass is 32.1. The molecule has 5 nitrogen and oxygen atoms in total. The van der Waals surface area contributed by atoms with E-state index in [1.807, 2.05) is 12.1 Å². The average Bonchev–Trinajstić information content (AvgIpc) is 3.16. The Morgan fingerprint density at radius 1 is 0.808 bits per heavy atom. The SMILES string of the molecule is COc1ccc(-c2cnsc2-c2cc(OC)c(OC)c(OC)c2)cc1F. The van der Waals surface area contributed by atoms with Crippen molar-refractivity contribution in [1.82, 2.24) is 4.37 Å². The molecule has 2 aromatic carbocycles. The topological polar surface area (TPSA) is 49.8 Å². The molecule has 0 saturated carbocycles. The molecule has 3 aromatic rings. The van der Waals surface area contributed by atoms with Gasteiger partial charge in [0.1, 0.15) is 0 Å². The van der Waals surface area contributed by atoms with Gasteiger partial charge in [-0.15, -0.1) is 0 Å². The molecule has 0 fully saturated rings. The smallest absolute Gasteiger partial charge is 0.203 e. The Morgan fingerprint density at radius 3 is 2.00 bits per heavy atom. The van der Waals surface area contributed by atoms with Gasteiger partial charge >= 0.3 is 0 Å². The summed E-state index contributed by atoms with van der Waals surface area (Å²) < 4.78 is 39.6. The van der Waals surface area contributed by atoms with Crippen LogP contribution in [0.5, 0.6) is 23.0 Å². The van der Waals surface area contributed by atoms with Crippen LogP contribution in [0.2, 0.25) is 0 Å². The van der Waals surface area contributed by atoms with Crippen LogP contribution in [0.1, 0.15) is 0 Å². The summed E-state index contributed by atoms with van der Waals surface area (Å²) in [5, 5.41) is 0. The molecule has 136 valence electrons. The summed E-state index contributed by atoms with van der Waals surface area (Å²) in [6, 6.07) is 8.52. The number of nitrogens with zero attached hydrogens (tertiary/aromatic N) is 1. The number of benzene rings is 2. The van der Waals surface area contributed by atoms with Crippen LogP contribution >= 0.6 is 11.5 Å². The fourth-order valence-corrected chi connectivity index (χ4v) is 3.46. The minimum atomic E-state index is -0.424. The second-order valence-electron chi connectivity index (χ2n) is 5.33. The van der Waals surface area contributed by atoms with Gasteiger partial charge in [0.15, 0.2) is 23.1 Å². The quantitative estimate of drug-likeness (QED) is 0.628. The largest absolute Gasteiger partial charge is 0.494 e. The highest BCUT2D eigenvalue weighted by Gasteiger charge is 2.18. The lowest BCUT2D eigenvalue weighted by Crippen LogP contribution is -1.95. The van der Waals surface area contributed by atoms with E-state index >= 15 is 0 Å². The molecule has 0 aliphatic carbocycles. The van der Waals surface area contributed by atoms with Crippen LogP contribution < -0.4 is 18.9 Å². The van der Waals surface area contributed by atoms with Crippen LogP contribution in [-0.2, 0) is 0 Å². The number of aromatic nitrogens is 1. The second kappa shape index (κ2) is 7.61. The van der Waals surface area contributed by atoms with Crippen LogP contribution in [0.15, 0.2) is 36.5 Å². The molecular formula is C19H18FNO4S. The van der Waals surface area contributed by atoms with Crippen molar-refractivity contribution in [2.75, 3.05) is 28.4 Å². The molecule has 7 heteroatoms. The molecule has 0 spiro atoms. The lowest BCUT2D eigenvalue weighted by Gasteiger charge is -2.14. The van der Waals surface area contributed by atoms with Gasteiger partial charge in [0.25, 0.3) is 0 Å². The van der Waals surface area contributed by atoms with Gasteiger partial charge < -0.3 is 18.9 Å². The first-order chi connectivity index (χ1) is 12.6. The molecule has 0 aliphatic rings. The number of halogens is 1. The summed E-state index contributed by atoms with van der Waals surface area (Å²) in [4.78, 5) is 0.869. The third-order valence-electron chi connectivity index (χ3n) is 3.96. The van der Waals surface area contributed by atoms with Gasteiger partial charge in [0.05, 0.1) is 33.3 Å². The maximum atomic E-state index is 14.1. The van der Waals surface area contributed by atoms with Crippen LogP contribution in [-0.4, -0.2) is 32.8 Å². The summed E-state index contributed by atoms with van der Waals surface area (Å²) in [6.45, 7) is 0. The van der Waals surface area contributed by atoms with Crippen molar-refractivity contribution in [1.29, 1.82) is 0 Å². The van der Waals surface area contributed by atoms with Crippen molar-refractivity contribution < 1.29 is 23.3 Å². The standard InChI is InChI=1S/C19H18FNO4S/c1-22-15-6-5-11(7-14(15)20)13-10-21-26-19(13)12-8-16(23-2)18(25-4)17(9-12)24-3/h5-10H,1-4H3. The number of ether oxygens (including phenoxy) is 4. The predicted octanol–water partition coefficient (Wildman–Crippen LogP) is 4.65. The van der Waals surface area contributed by atoms with Crippen molar-refractivity contribution in [2.24, 2.45) is 0 Å². The Balaban J connectivity index is 2.13. The van der Waals surface area contributed by atoms with Gasteiger partial charge in [-0.05, 0) is 41.4 Å². The van der Waals surface area contributed by atoms with E-state index in [0.717, 1.165) is 16.0 Å². The average molecular weight is 375 g/mol. The predicted molar refractivity (Wildman–Crippen MR) is 99.2 cm³/mol. The van der Waals surface area contributed by atoms with Crippen molar-refractivity contribution in [3.8, 4) is 44.6 Å². The van der Waals surface area contributed by atoms with E-state index in [4.69, 9.17) is 18.9 Å². The molecule has 3 rings (SSSR count). The number of rotatable bonds is 6. The molecule has 0 N–H and O–H groups in total. The van der Waals surface area contributed by atoms with Crippen molar-refractivity contribution >= 4 is 11.5 Å². The summed E-state index contributed by atoms with van der Waals surface area (Å²) in [5.74, 6) is 1.38. The molecule has 0 unspecified atom stereocenters. The Bertz CT molecular complexity index is 901. The normalized spacial score (nSPS) is 10.5. The molecular weight excluding hydrogens is 357 g/mol. The highest BCUT2D eigenvalue weighted by molar-refractivity contribution is 7.10. The van der Waals surface area contributed by atoms with Gasteiger partial charge in [-0.2, -0.15) is 4.37 Å². The third-order valence-corrected chi connectivity index (χ3v) is 4.81. The number of methoxy groups -OCH3 is 4. The first-order valence-electron chi connectivity index (χ1n) is 7.71. The van der Waals surface area contributed by atoms with Gasteiger partial charge in [-0.25, -0.2) is 4.39 Å². The number of hydrogen-bond donors (Lipinski definition) is 0. The van der Waals surface area contributed by atoms with Crippen LogP contribution in [0.25, 0.3) is 21.6 Å². The molecule has 1 heterocycles. The zero-order chi connectivity index (χ0) is 18.7. The third kappa shape index (κ3) is 3.17. The molecule has 0 radical (unpaired) electrons. The Morgan fingerprint density at radius 2 is 1.46 bits per heavy atom. The fourth-order valence-electron chi connectivity index (χ4n) is 2.70.